The van der Waals surface area contributed by atoms with Gasteiger partial charge in [-0.3, -0.25) is 4.68 Å². The van der Waals surface area contributed by atoms with Crippen molar-refractivity contribution in [2.24, 2.45) is 7.05 Å². The van der Waals surface area contributed by atoms with Crippen molar-refractivity contribution >= 4 is 29.2 Å². The average molecular weight is 338 g/mol. The maximum Gasteiger partial charge on any atom is 0.407 e. The number of halogens is 1. The molecule has 2 N–H and O–H groups in total. The summed E-state index contributed by atoms with van der Waals surface area (Å²) in [6.07, 6.45) is 1.27. The van der Waals surface area contributed by atoms with Crippen molar-refractivity contribution in [1.29, 1.82) is 0 Å². The van der Waals surface area contributed by atoms with E-state index in [0.717, 1.165) is 11.3 Å². The van der Waals surface area contributed by atoms with Crippen LogP contribution in [-0.2, 0) is 18.3 Å². The second-order valence-corrected chi connectivity index (χ2v) is 6.50. The Balaban J connectivity index is 2.08. The Morgan fingerprint density at radius 1 is 1.39 bits per heavy atom. The number of hydrogen-bond acceptors (Lipinski definition) is 5. The first-order valence-electron chi connectivity index (χ1n) is 7.11. The van der Waals surface area contributed by atoms with Crippen molar-refractivity contribution in [2.45, 2.75) is 32.9 Å². The van der Waals surface area contributed by atoms with E-state index in [-0.39, 0.29) is 6.54 Å². The molecule has 1 heterocycles. The summed E-state index contributed by atoms with van der Waals surface area (Å²) in [5.74, 6) is 0.605. The largest absolute Gasteiger partial charge is 0.444 e. The molecule has 0 saturated carbocycles. The lowest BCUT2D eigenvalue weighted by Gasteiger charge is -2.20. The fourth-order valence-corrected chi connectivity index (χ4v) is 2.05. The van der Waals surface area contributed by atoms with Crippen LogP contribution in [0.25, 0.3) is 0 Å². The van der Waals surface area contributed by atoms with Crippen LogP contribution in [0, 0.1) is 0 Å². The third kappa shape index (κ3) is 5.45. The molecule has 0 fully saturated rings. The van der Waals surface area contributed by atoms with Gasteiger partial charge in [-0.2, -0.15) is 0 Å². The van der Waals surface area contributed by atoms with E-state index in [2.05, 4.69) is 20.9 Å². The second kappa shape index (κ2) is 6.87. The van der Waals surface area contributed by atoms with Crippen LogP contribution >= 0.6 is 11.6 Å². The van der Waals surface area contributed by atoms with Gasteiger partial charge in [-0.25, -0.2) is 4.79 Å². The molecule has 0 bridgehead atoms. The third-order valence-corrected chi connectivity index (χ3v) is 2.99. The van der Waals surface area contributed by atoms with Crippen LogP contribution in [0.15, 0.2) is 24.4 Å². The van der Waals surface area contributed by atoms with Crippen LogP contribution < -0.4 is 10.6 Å². The number of nitrogens with zero attached hydrogens (tertiary/aromatic N) is 3. The van der Waals surface area contributed by atoms with Gasteiger partial charge in [0.15, 0.2) is 5.82 Å². The number of alkyl carbamates (subject to hydrolysis) is 1. The van der Waals surface area contributed by atoms with Crippen molar-refractivity contribution in [3.63, 3.8) is 0 Å². The van der Waals surface area contributed by atoms with Crippen LogP contribution in [-0.4, -0.2) is 26.7 Å². The van der Waals surface area contributed by atoms with Gasteiger partial charge in [-0.1, -0.05) is 16.8 Å². The lowest BCUT2D eigenvalue weighted by Crippen LogP contribution is -2.32. The number of amides is 1. The van der Waals surface area contributed by atoms with E-state index in [1.54, 1.807) is 30.1 Å². The zero-order chi connectivity index (χ0) is 17.0. The molecule has 7 nitrogen and oxygen atoms in total. The third-order valence-electron chi connectivity index (χ3n) is 2.75. The summed E-state index contributed by atoms with van der Waals surface area (Å²) in [7, 11) is 1.78. The van der Waals surface area contributed by atoms with Crippen molar-refractivity contribution in [3.05, 3.63) is 35.0 Å². The monoisotopic (exact) mass is 337 g/mol. The maximum atomic E-state index is 11.8. The van der Waals surface area contributed by atoms with E-state index in [4.69, 9.17) is 16.3 Å². The van der Waals surface area contributed by atoms with Crippen molar-refractivity contribution in [3.8, 4) is 0 Å². The van der Waals surface area contributed by atoms with E-state index >= 15 is 0 Å². The summed E-state index contributed by atoms with van der Waals surface area (Å²) in [6.45, 7) is 5.71. The number of carbonyl (C=O) groups excluding carboxylic acids is 1. The summed E-state index contributed by atoms with van der Waals surface area (Å²) in [4.78, 5) is 11.8. The van der Waals surface area contributed by atoms with Gasteiger partial charge >= 0.3 is 6.09 Å². The molecule has 1 aromatic carbocycles. The molecule has 0 aliphatic rings. The molecule has 8 heteroatoms. The first-order chi connectivity index (χ1) is 10.7. The molecule has 1 amide bonds. The van der Waals surface area contributed by atoms with E-state index in [0.29, 0.717) is 10.8 Å². The molecule has 0 saturated heterocycles. The van der Waals surface area contributed by atoms with Gasteiger partial charge in [0.1, 0.15) is 5.60 Å². The average Bonchev–Trinajstić information content (AvgIpc) is 2.82. The highest BCUT2D eigenvalue weighted by Crippen LogP contribution is 2.23. The minimum absolute atomic E-state index is 0.276. The Hall–Kier alpha value is -2.28. The molecule has 2 aromatic rings. The number of nitrogens with one attached hydrogen (secondary N) is 2. The summed E-state index contributed by atoms with van der Waals surface area (Å²) >= 11 is 6.04. The SMILES string of the molecule is Cn1cc(Nc2ccc(Cl)cc2CNC(=O)OC(C)(C)C)nn1. The standard InChI is InChI=1S/C15H20ClN5O2/c1-15(2,3)23-14(22)17-8-10-7-11(16)5-6-12(10)18-13-9-21(4)20-19-13/h5-7,9,18H,8H2,1-4H3,(H,17,22). The van der Waals surface area contributed by atoms with Gasteiger partial charge in [0.25, 0.3) is 0 Å². The number of hydrogen-bond donors (Lipinski definition) is 2. The Kier molecular flexibility index (Phi) is 5.10. The van der Waals surface area contributed by atoms with E-state index in [1.165, 1.54) is 0 Å². The zero-order valence-electron chi connectivity index (χ0n) is 13.6. The Bertz CT molecular complexity index is 693. The molecule has 0 unspecified atom stereocenters. The summed E-state index contributed by atoms with van der Waals surface area (Å²) in [6, 6.07) is 5.36. The number of benzene rings is 1. The van der Waals surface area contributed by atoms with Crippen LogP contribution in [0.2, 0.25) is 5.02 Å². The lowest BCUT2D eigenvalue weighted by atomic mass is 10.1. The first-order valence-corrected chi connectivity index (χ1v) is 7.49. The molecule has 0 radical (unpaired) electrons. The molecule has 23 heavy (non-hydrogen) atoms. The number of carbonyl (C=O) groups is 1. The van der Waals surface area contributed by atoms with Gasteiger partial charge in [0, 0.05) is 24.3 Å². The fraction of sp³-hybridized carbons (Fsp3) is 0.400. The van der Waals surface area contributed by atoms with E-state index < -0.39 is 11.7 Å². The van der Waals surface area contributed by atoms with E-state index in [1.807, 2.05) is 26.8 Å². The number of aromatic nitrogens is 3. The maximum absolute atomic E-state index is 11.8. The lowest BCUT2D eigenvalue weighted by molar-refractivity contribution is 0.0523. The molecule has 0 spiro atoms. The predicted octanol–water partition coefficient (Wildman–Crippen LogP) is 3.24. The van der Waals surface area contributed by atoms with Crippen LogP contribution in [0.5, 0.6) is 0 Å². The molecule has 0 aliphatic carbocycles. The molecule has 124 valence electrons. The highest BCUT2D eigenvalue weighted by molar-refractivity contribution is 6.30. The predicted molar refractivity (Wildman–Crippen MR) is 88.8 cm³/mol. The summed E-state index contributed by atoms with van der Waals surface area (Å²) in [5.41, 5.74) is 1.05. The normalized spacial score (nSPS) is 11.2. The van der Waals surface area contributed by atoms with Crippen molar-refractivity contribution < 1.29 is 9.53 Å². The molecular weight excluding hydrogens is 318 g/mol. The van der Waals surface area contributed by atoms with Crippen LogP contribution in [0.1, 0.15) is 26.3 Å². The zero-order valence-corrected chi connectivity index (χ0v) is 14.3. The topological polar surface area (TPSA) is 81.1 Å². The Morgan fingerprint density at radius 2 is 2.13 bits per heavy atom. The molecule has 2 rings (SSSR count). The van der Waals surface area contributed by atoms with Crippen LogP contribution in [0.4, 0.5) is 16.3 Å². The molecular formula is C15H20ClN5O2. The smallest absolute Gasteiger partial charge is 0.407 e. The van der Waals surface area contributed by atoms with Gasteiger partial charge in [0.2, 0.25) is 0 Å². The van der Waals surface area contributed by atoms with Gasteiger partial charge in [-0.15, -0.1) is 5.10 Å². The fourth-order valence-electron chi connectivity index (χ4n) is 1.85. The van der Waals surface area contributed by atoms with Gasteiger partial charge in [0.05, 0.1) is 6.20 Å². The van der Waals surface area contributed by atoms with Gasteiger partial charge < -0.3 is 15.4 Å². The number of rotatable bonds is 4. The molecule has 0 atom stereocenters. The van der Waals surface area contributed by atoms with E-state index in [9.17, 15) is 4.79 Å². The van der Waals surface area contributed by atoms with Crippen LogP contribution in [0.3, 0.4) is 0 Å². The Morgan fingerprint density at radius 3 is 2.74 bits per heavy atom. The number of ether oxygens (including phenoxy) is 1. The highest BCUT2D eigenvalue weighted by atomic mass is 35.5. The van der Waals surface area contributed by atoms with Gasteiger partial charge in [-0.05, 0) is 44.5 Å². The molecule has 0 aliphatic heterocycles. The number of anilines is 2. The van der Waals surface area contributed by atoms with Crippen molar-refractivity contribution in [1.82, 2.24) is 20.3 Å². The highest BCUT2D eigenvalue weighted by Gasteiger charge is 2.16. The molecule has 1 aromatic heterocycles. The number of aryl methyl sites for hydroxylation is 1. The minimum atomic E-state index is -0.543. The quantitative estimate of drug-likeness (QED) is 0.895. The van der Waals surface area contributed by atoms with Crippen molar-refractivity contribution in [2.75, 3.05) is 5.32 Å². The second-order valence-electron chi connectivity index (χ2n) is 6.06. The Labute approximate surface area is 140 Å². The minimum Gasteiger partial charge on any atom is -0.444 e. The summed E-state index contributed by atoms with van der Waals surface area (Å²) < 4.78 is 6.82. The summed E-state index contributed by atoms with van der Waals surface area (Å²) in [5, 5.41) is 14.3. The first kappa shape index (κ1) is 17.1.